The molecular weight excluding hydrogens is 230 g/mol. The molecule has 0 saturated heterocycles. The molecule has 1 unspecified atom stereocenters. The molecule has 0 fully saturated rings. The highest BCUT2D eigenvalue weighted by Crippen LogP contribution is 2.19. The Morgan fingerprint density at radius 3 is 3.00 bits per heavy atom. The molecule has 18 heavy (non-hydrogen) atoms. The fourth-order valence-corrected chi connectivity index (χ4v) is 1.78. The Bertz CT molecular complexity index is 510. The molecule has 2 rings (SSSR count). The Hall–Kier alpha value is -1.75. The zero-order valence-electron chi connectivity index (χ0n) is 10.6. The molecular formula is C13H17N3O2. The summed E-state index contributed by atoms with van der Waals surface area (Å²) in [6.07, 6.45) is 5.10. The fourth-order valence-electron chi connectivity index (χ4n) is 1.78. The van der Waals surface area contributed by atoms with Crippen molar-refractivity contribution in [3.05, 3.63) is 29.9 Å². The van der Waals surface area contributed by atoms with Gasteiger partial charge in [0.05, 0.1) is 12.5 Å². The number of aliphatic hydroxyl groups is 1. The molecule has 1 N–H and O–H groups in total. The number of rotatable bonds is 5. The lowest BCUT2D eigenvalue weighted by molar-refractivity contribution is 0.152. The van der Waals surface area contributed by atoms with Crippen LogP contribution in [-0.4, -0.2) is 26.3 Å². The molecule has 1 atom stereocenters. The van der Waals surface area contributed by atoms with E-state index in [1.54, 1.807) is 12.4 Å². The van der Waals surface area contributed by atoms with Gasteiger partial charge in [-0.1, -0.05) is 18.5 Å². The van der Waals surface area contributed by atoms with E-state index >= 15 is 0 Å². The molecule has 96 valence electrons. The Kier molecular flexibility index (Phi) is 4.04. The van der Waals surface area contributed by atoms with Gasteiger partial charge in [-0.05, 0) is 25.0 Å². The van der Waals surface area contributed by atoms with E-state index in [9.17, 15) is 5.11 Å². The number of hydrogen-bond acceptors (Lipinski definition) is 5. The first-order valence-corrected chi connectivity index (χ1v) is 6.12. The average molecular weight is 247 g/mol. The van der Waals surface area contributed by atoms with Crippen LogP contribution in [0.5, 0.6) is 0 Å². The predicted molar refractivity (Wildman–Crippen MR) is 66.9 cm³/mol. The maximum absolute atomic E-state index is 9.70. The van der Waals surface area contributed by atoms with E-state index in [2.05, 4.69) is 15.1 Å². The van der Waals surface area contributed by atoms with E-state index in [1.807, 2.05) is 19.9 Å². The van der Waals surface area contributed by atoms with Crippen LogP contribution in [0.25, 0.3) is 11.4 Å². The third kappa shape index (κ3) is 2.92. The molecule has 0 aromatic carbocycles. The van der Waals surface area contributed by atoms with Crippen molar-refractivity contribution in [2.75, 3.05) is 0 Å². The summed E-state index contributed by atoms with van der Waals surface area (Å²) in [7, 11) is 0. The summed E-state index contributed by atoms with van der Waals surface area (Å²) in [5.74, 6) is 0.994. The van der Waals surface area contributed by atoms with Gasteiger partial charge in [-0.25, -0.2) is 0 Å². The minimum atomic E-state index is -0.418. The van der Waals surface area contributed by atoms with Crippen molar-refractivity contribution in [3.8, 4) is 11.4 Å². The maximum atomic E-state index is 9.70. The molecule has 2 aromatic rings. The minimum absolute atomic E-state index is 0.403. The highest BCUT2D eigenvalue weighted by molar-refractivity contribution is 5.57. The van der Waals surface area contributed by atoms with E-state index in [-0.39, 0.29) is 0 Å². The lowest BCUT2D eigenvalue weighted by Crippen LogP contribution is -2.09. The number of pyridine rings is 1. The molecule has 0 amide bonds. The molecule has 0 saturated carbocycles. The Balaban J connectivity index is 2.13. The quantitative estimate of drug-likeness (QED) is 0.876. The van der Waals surface area contributed by atoms with Crippen LogP contribution in [0.4, 0.5) is 0 Å². The van der Waals surface area contributed by atoms with E-state index < -0.39 is 6.10 Å². The molecule has 0 radical (unpaired) electrons. The van der Waals surface area contributed by atoms with Crippen LogP contribution in [0, 0.1) is 6.92 Å². The molecule has 2 heterocycles. The fraction of sp³-hybridized carbons (Fsp3) is 0.462. The monoisotopic (exact) mass is 247 g/mol. The van der Waals surface area contributed by atoms with Gasteiger partial charge in [0.2, 0.25) is 11.7 Å². The van der Waals surface area contributed by atoms with Crippen LogP contribution in [0.2, 0.25) is 0 Å². The summed E-state index contributed by atoms with van der Waals surface area (Å²) in [6, 6.07) is 1.90. The topological polar surface area (TPSA) is 72.0 Å². The van der Waals surface area contributed by atoms with Crippen LogP contribution in [0.1, 0.15) is 31.2 Å². The second-order valence-corrected chi connectivity index (χ2v) is 4.35. The number of aryl methyl sites for hydroxylation is 1. The summed E-state index contributed by atoms with van der Waals surface area (Å²) >= 11 is 0. The molecule has 0 bridgehead atoms. The van der Waals surface area contributed by atoms with Crippen molar-refractivity contribution < 1.29 is 9.63 Å². The van der Waals surface area contributed by atoms with Crippen molar-refractivity contribution in [2.45, 2.75) is 39.2 Å². The molecule has 2 aromatic heterocycles. The Morgan fingerprint density at radius 2 is 2.28 bits per heavy atom. The molecule has 0 spiro atoms. The second-order valence-electron chi connectivity index (χ2n) is 4.35. The zero-order chi connectivity index (χ0) is 13.0. The van der Waals surface area contributed by atoms with Crippen LogP contribution in [0.15, 0.2) is 23.0 Å². The summed E-state index contributed by atoms with van der Waals surface area (Å²) < 4.78 is 5.14. The molecule has 5 nitrogen and oxygen atoms in total. The molecule has 0 aliphatic heterocycles. The first-order valence-electron chi connectivity index (χ1n) is 6.12. The largest absolute Gasteiger partial charge is 0.393 e. The Labute approximate surface area is 106 Å². The van der Waals surface area contributed by atoms with Crippen molar-refractivity contribution in [3.63, 3.8) is 0 Å². The van der Waals surface area contributed by atoms with Crippen LogP contribution in [-0.2, 0) is 6.42 Å². The van der Waals surface area contributed by atoms with E-state index in [1.165, 1.54) is 0 Å². The first kappa shape index (κ1) is 12.7. The minimum Gasteiger partial charge on any atom is -0.393 e. The van der Waals surface area contributed by atoms with E-state index in [0.717, 1.165) is 24.0 Å². The van der Waals surface area contributed by atoms with Crippen molar-refractivity contribution in [1.29, 1.82) is 0 Å². The van der Waals surface area contributed by atoms with Gasteiger partial charge in [0.1, 0.15) is 0 Å². The third-order valence-electron chi connectivity index (χ3n) is 2.78. The number of hydrogen-bond donors (Lipinski definition) is 1. The van der Waals surface area contributed by atoms with Crippen molar-refractivity contribution >= 4 is 0 Å². The normalized spacial score (nSPS) is 12.6. The number of aliphatic hydroxyl groups excluding tert-OH is 1. The Morgan fingerprint density at radius 1 is 1.44 bits per heavy atom. The summed E-state index contributed by atoms with van der Waals surface area (Å²) in [5, 5.41) is 13.6. The van der Waals surface area contributed by atoms with Crippen LogP contribution >= 0.6 is 0 Å². The number of aromatic nitrogens is 3. The van der Waals surface area contributed by atoms with E-state index in [4.69, 9.17) is 4.52 Å². The van der Waals surface area contributed by atoms with Gasteiger partial charge in [-0.2, -0.15) is 4.98 Å². The smallest absolute Gasteiger partial charge is 0.229 e. The average Bonchev–Trinajstić information content (AvgIpc) is 2.78. The van der Waals surface area contributed by atoms with Gasteiger partial charge in [0, 0.05) is 18.0 Å². The van der Waals surface area contributed by atoms with Gasteiger partial charge in [0.15, 0.2) is 0 Å². The molecule has 5 heteroatoms. The standard InChI is InChI=1S/C13H17N3O2/c1-3-4-10(17)7-12-15-13(16-18-12)11-8-14-6-5-9(11)2/h5-6,8,10,17H,3-4,7H2,1-2H3. The zero-order valence-corrected chi connectivity index (χ0v) is 10.6. The third-order valence-corrected chi connectivity index (χ3v) is 2.78. The van der Waals surface area contributed by atoms with E-state index in [0.29, 0.717) is 18.1 Å². The van der Waals surface area contributed by atoms with Crippen LogP contribution in [0.3, 0.4) is 0 Å². The lowest BCUT2D eigenvalue weighted by Gasteiger charge is -2.04. The highest BCUT2D eigenvalue weighted by Gasteiger charge is 2.13. The summed E-state index contributed by atoms with van der Waals surface area (Å²) in [5.41, 5.74) is 1.91. The maximum Gasteiger partial charge on any atom is 0.229 e. The molecule has 0 aliphatic rings. The van der Waals surface area contributed by atoms with Gasteiger partial charge >= 0.3 is 0 Å². The number of nitrogens with zero attached hydrogens (tertiary/aromatic N) is 3. The van der Waals surface area contributed by atoms with Gasteiger partial charge in [-0.15, -0.1) is 0 Å². The highest BCUT2D eigenvalue weighted by atomic mass is 16.5. The lowest BCUT2D eigenvalue weighted by atomic mass is 10.1. The molecule has 0 aliphatic carbocycles. The predicted octanol–water partition coefficient (Wildman–Crippen LogP) is 2.14. The van der Waals surface area contributed by atoms with Crippen molar-refractivity contribution in [2.24, 2.45) is 0 Å². The second kappa shape index (κ2) is 5.73. The summed E-state index contributed by atoms with van der Waals surface area (Å²) in [4.78, 5) is 8.34. The van der Waals surface area contributed by atoms with Gasteiger partial charge in [-0.3, -0.25) is 4.98 Å². The van der Waals surface area contributed by atoms with Crippen LogP contribution < -0.4 is 0 Å². The van der Waals surface area contributed by atoms with Gasteiger partial charge < -0.3 is 9.63 Å². The summed E-state index contributed by atoms with van der Waals surface area (Å²) in [6.45, 7) is 4.00. The first-order chi connectivity index (χ1) is 8.70. The van der Waals surface area contributed by atoms with Crippen molar-refractivity contribution in [1.82, 2.24) is 15.1 Å². The van der Waals surface area contributed by atoms with Gasteiger partial charge in [0.25, 0.3) is 0 Å². The SMILES string of the molecule is CCCC(O)Cc1nc(-c2cnccc2C)no1.